The van der Waals surface area contributed by atoms with Gasteiger partial charge in [0.1, 0.15) is 0 Å². The van der Waals surface area contributed by atoms with E-state index in [9.17, 15) is 0 Å². The number of nitrogens with zero attached hydrogens (tertiary/aromatic N) is 1. The Balaban J connectivity index is 1.53. The third-order valence-electron chi connectivity index (χ3n) is 4.53. The molecule has 108 valence electrons. The summed E-state index contributed by atoms with van der Waals surface area (Å²) in [5.74, 6) is 0. The normalized spacial score (nSPS) is 17.6. The quantitative estimate of drug-likeness (QED) is 0.908. The van der Waals surface area contributed by atoms with Crippen LogP contribution in [0.5, 0.6) is 0 Å². The summed E-state index contributed by atoms with van der Waals surface area (Å²) in [6.45, 7) is 2.12. The van der Waals surface area contributed by atoms with Gasteiger partial charge in [-0.05, 0) is 55.0 Å². The zero-order valence-electron chi connectivity index (χ0n) is 12.4. The highest BCUT2D eigenvalue weighted by molar-refractivity contribution is 5.67. The summed E-state index contributed by atoms with van der Waals surface area (Å²) in [7, 11) is 0. The predicted molar refractivity (Wildman–Crippen MR) is 88.1 cm³/mol. The van der Waals surface area contributed by atoms with Gasteiger partial charge in [-0.1, -0.05) is 30.3 Å². The molecule has 21 heavy (non-hydrogen) atoms. The molecule has 1 aliphatic carbocycles. The highest BCUT2D eigenvalue weighted by Gasteiger charge is 2.20. The Bertz CT molecular complexity index is 614. The maximum Gasteiger partial charge on any atom is 0.0443 e. The van der Waals surface area contributed by atoms with Crippen LogP contribution >= 0.6 is 0 Å². The van der Waals surface area contributed by atoms with Crippen LogP contribution in [0.1, 0.15) is 30.4 Å². The largest absolute Gasteiger partial charge is 0.341 e. The smallest absolute Gasteiger partial charge is 0.0443 e. The van der Waals surface area contributed by atoms with Crippen LogP contribution in [-0.2, 0) is 13.0 Å². The average Bonchev–Trinajstić information content (AvgIpc) is 3.37. The van der Waals surface area contributed by atoms with Crippen LogP contribution in [0, 0.1) is 0 Å². The van der Waals surface area contributed by atoms with E-state index in [1.165, 1.54) is 48.2 Å². The molecule has 0 bridgehead atoms. The Morgan fingerprint density at radius 2 is 1.81 bits per heavy atom. The van der Waals surface area contributed by atoms with Crippen molar-refractivity contribution in [2.24, 2.45) is 0 Å². The van der Waals surface area contributed by atoms with Crippen molar-refractivity contribution >= 4 is 11.4 Å². The molecule has 2 nitrogen and oxygen atoms in total. The van der Waals surface area contributed by atoms with E-state index in [0.717, 1.165) is 19.1 Å². The summed E-state index contributed by atoms with van der Waals surface area (Å²) >= 11 is 0. The third-order valence-corrected chi connectivity index (χ3v) is 4.53. The van der Waals surface area contributed by atoms with Crippen molar-refractivity contribution in [1.29, 1.82) is 0 Å². The predicted octanol–water partition coefficient (Wildman–Crippen LogP) is 4.02. The molecule has 0 amide bonds. The Hall–Kier alpha value is -1.80. The highest BCUT2D eigenvalue weighted by Crippen LogP contribution is 2.33. The van der Waals surface area contributed by atoms with E-state index in [1.807, 2.05) is 0 Å². The zero-order valence-corrected chi connectivity index (χ0v) is 12.4. The Morgan fingerprint density at radius 1 is 1.00 bits per heavy atom. The lowest BCUT2D eigenvalue weighted by Crippen LogP contribution is -2.24. The number of rotatable bonds is 4. The van der Waals surface area contributed by atoms with Crippen molar-refractivity contribution in [3.05, 3.63) is 59.7 Å². The van der Waals surface area contributed by atoms with Crippen LogP contribution in [0.15, 0.2) is 48.5 Å². The van der Waals surface area contributed by atoms with Gasteiger partial charge in [0, 0.05) is 30.5 Å². The molecule has 0 spiro atoms. The van der Waals surface area contributed by atoms with Crippen LogP contribution in [0.3, 0.4) is 0 Å². The number of para-hydroxylation sites is 1. The minimum Gasteiger partial charge on any atom is -0.341 e. The van der Waals surface area contributed by atoms with Gasteiger partial charge in [0.2, 0.25) is 0 Å². The van der Waals surface area contributed by atoms with Gasteiger partial charge in [-0.3, -0.25) is 0 Å². The zero-order chi connectivity index (χ0) is 14.1. The van der Waals surface area contributed by atoms with Crippen molar-refractivity contribution in [1.82, 2.24) is 5.32 Å². The molecule has 2 heteroatoms. The molecule has 1 heterocycles. The maximum absolute atomic E-state index is 3.57. The molecular weight excluding hydrogens is 256 g/mol. The molecule has 4 rings (SSSR count). The second kappa shape index (κ2) is 5.53. The fourth-order valence-corrected chi connectivity index (χ4v) is 3.15. The van der Waals surface area contributed by atoms with Crippen molar-refractivity contribution in [2.75, 3.05) is 11.4 Å². The second-order valence-electron chi connectivity index (χ2n) is 6.21. The van der Waals surface area contributed by atoms with Crippen LogP contribution < -0.4 is 10.2 Å². The standard InChI is InChI=1S/C19H22N2/c1-2-6-19-16(4-1)5-3-13-21(19)18-11-7-15(8-12-18)14-20-17-9-10-17/h1-2,4,6-8,11-12,17,20H,3,5,9-10,13-14H2. The van der Waals surface area contributed by atoms with E-state index >= 15 is 0 Å². The fourth-order valence-electron chi connectivity index (χ4n) is 3.15. The second-order valence-corrected chi connectivity index (χ2v) is 6.21. The summed E-state index contributed by atoms with van der Waals surface area (Å²) in [5, 5.41) is 3.57. The van der Waals surface area contributed by atoms with Crippen molar-refractivity contribution in [3.8, 4) is 0 Å². The maximum atomic E-state index is 3.57. The van der Waals surface area contributed by atoms with E-state index in [4.69, 9.17) is 0 Å². The fraction of sp³-hybridized carbons (Fsp3) is 0.368. The number of aryl methyl sites for hydroxylation is 1. The molecule has 1 saturated carbocycles. The molecule has 1 fully saturated rings. The van der Waals surface area contributed by atoms with Gasteiger partial charge in [-0.25, -0.2) is 0 Å². The minimum absolute atomic E-state index is 0.777. The van der Waals surface area contributed by atoms with Crippen molar-refractivity contribution < 1.29 is 0 Å². The molecule has 2 aliphatic rings. The lowest BCUT2D eigenvalue weighted by atomic mass is 10.0. The number of fused-ring (bicyclic) bond motifs is 1. The van der Waals surface area contributed by atoms with Gasteiger partial charge >= 0.3 is 0 Å². The van der Waals surface area contributed by atoms with E-state index in [1.54, 1.807) is 0 Å². The van der Waals surface area contributed by atoms with Crippen molar-refractivity contribution in [3.63, 3.8) is 0 Å². The first-order valence-corrected chi connectivity index (χ1v) is 8.08. The van der Waals surface area contributed by atoms with Crippen molar-refractivity contribution in [2.45, 2.75) is 38.3 Å². The number of hydrogen-bond donors (Lipinski definition) is 1. The Labute approximate surface area is 126 Å². The molecule has 2 aromatic carbocycles. The average molecular weight is 278 g/mol. The number of nitrogens with one attached hydrogen (secondary N) is 1. The first kappa shape index (κ1) is 12.9. The van der Waals surface area contributed by atoms with Crippen LogP contribution in [0.25, 0.3) is 0 Å². The van der Waals surface area contributed by atoms with Gasteiger partial charge in [0.05, 0.1) is 0 Å². The molecule has 0 unspecified atom stereocenters. The summed E-state index contributed by atoms with van der Waals surface area (Å²) in [6.07, 6.45) is 5.14. The van der Waals surface area contributed by atoms with Gasteiger partial charge in [-0.15, -0.1) is 0 Å². The summed E-state index contributed by atoms with van der Waals surface area (Å²) in [5.41, 5.74) is 5.56. The summed E-state index contributed by atoms with van der Waals surface area (Å²) < 4.78 is 0. The number of benzene rings is 2. The lowest BCUT2D eigenvalue weighted by molar-refractivity contribution is 0.687. The molecule has 0 radical (unpaired) electrons. The molecule has 0 saturated heterocycles. The minimum atomic E-state index is 0.777. The molecule has 2 aromatic rings. The van der Waals surface area contributed by atoms with E-state index in [0.29, 0.717) is 0 Å². The van der Waals surface area contributed by atoms with Gasteiger partial charge < -0.3 is 10.2 Å². The molecule has 1 N–H and O–H groups in total. The summed E-state index contributed by atoms with van der Waals surface area (Å²) in [4.78, 5) is 2.46. The van der Waals surface area contributed by atoms with Crippen LogP contribution in [0.2, 0.25) is 0 Å². The van der Waals surface area contributed by atoms with Gasteiger partial charge in [-0.2, -0.15) is 0 Å². The number of hydrogen-bond acceptors (Lipinski definition) is 2. The first-order valence-electron chi connectivity index (χ1n) is 8.08. The van der Waals surface area contributed by atoms with Gasteiger partial charge in [0.25, 0.3) is 0 Å². The Kier molecular flexibility index (Phi) is 3.40. The molecule has 0 atom stereocenters. The molecular formula is C19H22N2. The lowest BCUT2D eigenvalue weighted by Gasteiger charge is -2.31. The monoisotopic (exact) mass is 278 g/mol. The van der Waals surface area contributed by atoms with E-state index < -0.39 is 0 Å². The van der Waals surface area contributed by atoms with Crippen LogP contribution in [0.4, 0.5) is 11.4 Å². The number of anilines is 2. The highest BCUT2D eigenvalue weighted by atomic mass is 15.1. The first-order chi connectivity index (χ1) is 10.4. The topological polar surface area (TPSA) is 15.3 Å². The SMILES string of the molecule is c1ccc2c(c1)CCCN2c1ccc(CNC2CC2)cc1. The van der Waals surface area contributed by atoms with Gasteiger partial charge in [0.15, 0.2) is 0 Å². The molecule has 0 aromatic heterocycles. The molecule has 1 aliphatic heterocycles. The van der Waals surface area contributed by atoms with Crippen LogP contribution in [-0.4, -0.2) is 12.6 Å². The Morgan fingerprint density at radius 3 is 2.62 bits per heavy atom. The summed E-state index contributed by atoms with van der Waals surface area (Å²) in [6, 6.07) is 18.6. The third kappa shape index (κ3) is 2.81. The van der Waals surface area contributed by atoms with E-state index in [2.05, 4.69) is 58.7 Å². The van der Waals surface area contributed by atoms with E-state index in [-0.39, 0.29) is 0 Å².